The molecule has 3 heterocycles. The number of hydrogen-bond donors (Lipinski definition) is 0. The van der Waals surface area contributed by atoms with E-state index in [1.807, 2.05) is 4.90 Å². The SMILES string of the molecule is COCCN1CC2(CCCN(c3nnc(C(C)(C)C)o3)C2)CCC1=O. The Hall–Kier alpha value is -1.63. The maximum absolute atomic E-state index is 12.2. The van der Waals surface area contributed by atoms with E-state index in [9.17, 15) is 4.79 Å². The minimum absolute atomic E-state index is 0.121. The average Bonchev–Trinajstić information content (AvgIpc) is 3.07. The summed E-state index contributed by atoms with van der Waals surface area (Å²) in [5.74, 6) is 0.912. The number of carbonyl (C=O) groups is 1. The van der Waals surface area contributed by atoms with Gasteiger partial charge in [-0.15, -0.1) is 5.10 Å². The number of amides is 1. The predicted molar refractivity (Wildman–Crippen MR) is 94.6 cm³/mol. The van der Waals surface area contributed by atoms with Crippen molar-refractivity contribution in [3.05, 3.63) is 5.89 Å². The van der Waals surface area contributed by atoms with Crippen LogP contribution in [-0.4, -0.2) is 60.9 Å². The number of nitrogens with zero attached hydrogens (tertiary/aromatic N) is 4. The van der Waals surface area contributed by atoms with Crippen molar-refractivity contribution in [1.82, 2.24) is 15.1 Å². The lowest BCUT2D eigenvalue weighted by Gasteiger charge is -2.47. The van der Waals surface area contributed by atoms with Gasteiger partial charge in [0.2, 0.25) is 11.8 Å². The number of methoxy groups -OCH3 is 1. The van der Waals surface area contributed by atoms with E-state index in [4.69, 9.17) is 9.15 Å². The van der Waals surface area contributed by atoms with E-state index in [0.717, 1.165) is 38.9 Å². The Morgan fingerprint density at radius 3 is 2.72 bits per heavy atom. The van der Waals surface area contributed by atoms with Crippen LogP contribution in [0.2, 0.25) is 0 Å². The molecule has 0 aliphatic carbocycles. The number of likely N-dealkylation sites (tertiary alicyclic amines) is 1. The third-order valence-corrected chi connectivity index (χ3v) is 5.30. The Morgan fingerprint density at radius 1 is 1.24 bits per heavy atom. The van der Waals surface area contributed by atoms with Crippen LogP contribution in [0.5, 0.6) is 0 Å². The number of piperidine rings is 2. The molecule has 1 atom stereocenters. The number of carbonyl (C=O) groups excluding carboxylic acids is 1. The molecule has 7 nitrogen and oxygen atoms in total. The Labute approximate surface area is 149 Å². The van der Waals surface area contributed by atoms with Crippen molar-refractivity contribution in [2.45, 2.75) is 51.9 Å². The molecule has 1 unspecified atom stereocenters. The van der Waals surface area contributed by atoms with Crippen LogP contribution in [0.4, 0.5) is 6.01 Å². The zero-order valence-electron chi connectivity index (χ0n) is 15.9. The molecule has 2 fully saturated rings. The monoisotopic (exact) mass is 350 g/mol. The Kier molecular flexibility index (Phi) is 5.04. The zero-order valence-corrected chi connectivity index (χ0v) is 15.9. The van der Waals surface area contributed by atoms with E-state index in [1.165, 1.54) is 0 Å². The quantitative estimate of drug-likeness (QED) is 0.829. The number of rotatable bonds is 4. The van der Waals surface area contributed by atoms with Crippen LogP contribution in [-0.2, 0) is 14.9 Å². The molecular weight excluding hydrogens is 320 g/mol. The summed E-state index contributed by atoms with van der Waals surface area (Å²) in [5.41, 5.74) is -0.0246. The van der Waals surface area contributed by atoms with Crippen LogP contribution in [0.15, 0.2) is 4.42 Å². The van der Waals surface area contributed by atoms with Crippen LogP contribution in [0.25, 0.3) is 0 Å². The van der Waals surface area contributed by atoms with Gasteiger partial charge in [0.15, 0.2) is 0 Å². The van der Waals surface area contributed by atoms with Crippen LogP contribution >= 0.6 is 0 Å². The van der Waals surface area contributed by atoms with E-state index >= 15 is 0 Å². The van der Waals surface area contributed by atoms with Crippen molar-refractivity contribution in [3.8, 4) is 0 Å². The fourth-order valence-corrected chi connectivity index (χ4v) is 3.86. The van der Waals surface area contributed by atoms with Crippen molar-refractivity contribution in [2.24, 2.45) is 5.41 Å². The molecule has 25 heavy (non-hydrogen) atoms. The Balaban J connectivity index is 1.72. The van der Waals surface area contributed by atoms with Crippen LogP contribution in [0.3, 0.4) is 0 Å². The molecule has 0 N–H and O–H groups in total. The van der Waals surface area contributed by atoms with E-state index in [-0.39, 0.29) is 16.7 Å². The highest BCUT2D eigenvalue weighted by Gasteiger charge is 2.42. The topological polar surface area (TPSA) is 71.7 Å². The zero-order chi connectivity index (χ0) is 18.1. The first kappa shape index (κ1) is 18.2. The van der Waals surface area contributed by atoms with Gasteiger partial charge in [0.1, 0.15) is 0 Å². The molecule has 7 heteroatoms. The standard InChI is InChI=1S/C18H30N4O3/c1-17(2,3)15-19-20-16(25-15)22-9-5-7-18(13-22)8-6-14(23)21(12-18)10-11-24-4/h5-13H2,1-4H3. The Morgan fingerprint density at radius 2 is 2.04 bits per heavy atom. The van der Waals surface area contributed by atoms with Crippen molar-refractivity contribution in [2.75, 3.05) is 44.8 Å². The van der Waals surface area contributed by atoms with E-state index in [2.05, 4.69) is 35.9 Å². The largest absolute Gasteiger partial charge is 0.407 e. The summed E-state index contributed by atoms with van der Waals surface area (Å²) in [6.07, 6.45) is 3.78. The summed E-state index contributed by atoms with van der Waals surface area (Å²) >= 11 is 0. The summed E-state index contributed by atoms with van der Waals surface area (Å²) in [6, 6.07) is 0.615. The third kappa shape index (κ3) is 3.97. The minimum Gasteiger partial charge on any atom is -0.407 e. The summed E-state index contributed by atoms with van der Waals surface area (Å²) in [4.78, 5) is 16.4. The normalized spacial score (nSPS) is 25.0. The molecule has 0 radical (unpaired) electrons. The van der Waals surface area contributed by atoms with Gasteiger partial charge in [-0.05, 0) is 19.3 Å². The average molecular weight is 350 g/mol. The molecule has 1 aromatic heterocycles. The van der Waals surface area contributed by atoms with Crippen LogP contribution in [0.1, 0.15) is 52.3 Å². The molecule has 2 aliphatic rings. The van der Waals surface area contributed by atoms with Gasteiger partial charge in [-0.1, -0.05) is 25.9 Å². The first-order chi connectivity index (χ1) is 11.8. The molecular formula is C18H30N4O3. The van der Waals surface area contributed by atoms with Gasteiger partial charge in [-0.25, -0.2) is 0 Å². The lowest BCUT2D eigenvalue weighted by atomic mass is 9.73. The number of ether oxygens (including phenoxy) is 1. The highest BCUT2D eigenvalue weighted by atomic mass is 16.5. The van der Waals surface area contributed by atoms with Crippen LogP contribution < -0.4 is 4.90 Å². The molecule has 0 saturated carbocycles. The summed E-state index contributed by atoms with van der Waals surface area (Å²) in [7, 11) is 1.68. The van der Waals surface area contributed by atoms with Gasteiger partial charge in [-0.2, -0.15) is 0 Å². The maximum atomic E-state index is 12.2. The van der Waals surface area contributed by atoms with Gasteiger partial charge >= 0.3 is 6.01 Å². The highest BCUT2D eigenvalue weighted by molar-refractivity contribution is 5.77. The number of anilines is 1. The predicted octanol–water partition coefficient (Wildman–Crippen LogP) is 2.22. The lowest BCUT2D eigenvalue weighted by Crippen LogP contribution is -2.54. The van der Waals surface area contributed by atoms with E-state index in [0.29, 0.717) is 31.5 Å². The molecule has 1 spiro atoms. The van der Waals surface area contributed by atoms with Crippen molar-refractivity contribution < 1.29 is 13.9 Å². The van der Waals surface area contributed by atoms with Crippen molar-refractivity contribution in [1.29, 1.82) is 0 Å². The van der Waals surface area contributed by atoms with E-state index < -0.39 is 0 Å². The first-order valence-corrected chi connectivity index (χ1v) is 9.19. The van der Waals surface area contributed by atoms with Crippen LogP contribution in [0, 0.1) is 5.41 Å². The van der Waals surface area contributed by atoms with Gasteiger partial charge in [0.25, 0.3) is 0 Å². The lowest BCUT2D eigenvalue weighted by molar-refractivity contribution is -0.138. The fraction of sp³-hybridized carbons (Fsp3) is 0.833. The second-order valence-corrected chi connectivity index (χ2v) is 8.47. The molecule has 2 aliphatic heterocycles. The Bertz CT molecular complexity index is 610. The molecule has 3 rings (SSSR count). The molecule has 0 aromatic carbocycles. The number of hydrogen-bond acceptors (Lipinski definition) is 6. The highest BCUT2D eigenvalue weighted by Crippen LogP contribution is 2.40. The summed E-state index contributed by atoms with van der Waals surface area (Å²) < 4.78 is 11.1. The second kappa shape index (κ2) is 6.94. The second-order valence-electron chi connectivity index (χ2n) is 8.47. The van der Waals surface area contributed by atoms with Gasteiger partial charge in [0, 0.05) is 50.5 Å². The summed E-state index contributed by atoms with van der Waals surface area (Å²) in [6.45, 7) is 10.1. The first-order valence-electron chi connectivity index (χ1n) is 9.19. The molecule has 140 valence electrons. The molecule has 0 bridgehead atoms. The number of aromatic nitrogens is 2. The van der Waals surface area contributed by atoms with Gasteiger partial charge in [0.05, 0.1) is 6.61 Å². The van der Waals surface area contributed by atoms with Crippen molar-refractivity contribution >= 4 is 11.9 Å². The maximum Gasteiger partial charge on any atom is 0.318 e. The molecule has 1 aromatic rings. The smallest absolute Gasteiger partial charge is 0.318 e. The van der Waals surface area contributed by atoms with Crippen molar-refractivity contribution in [3.63, 3.8) is 0 Å². The molecule has 1 amide bonds. The minimum atomic E-state index is -0.146. The third-order valence-electron chi connectivity index (χ3n) is 5.30. The molecule has 2 saturated heterocycles. The summed E-state index contributed by atoms with van der Waals surface area (Å²) in [5, 5.41) is 8.50. The van der Waals surface area contributed by atoms with Gasteiger partial charge in [-0.3, -0.25) is 4.79 Å². The van der Waals surface area contributed by atoms with Gasteiger partial charge < -0.3 is 19.0 Å². The fourth-order valence-electron chi connectivity index (χ4n) is 3.86. The van der Waals surface area contributed by atoms with E-state index in [1.54, 1.807) is 7.11 Å².